The molecule has 0 spiro atoms. The van der Waals surface area contributed by atoms with E-state index in [1.807, 2.05) is 19.9 Å². The fourth-order valence-corrected chi connectivity index (χ4v) is 4.53. The van der Waals surface area contributed by atoms with Gasteiger partial charge in [0.1, 0.15) is 0 Å². The molecule has 6 atom stereocenters. The molecule has 0 saturated heterocycles. The molecule has 3 nitrogen and oxygen atoms in total. The van der Waals surface area contributed by atoms with E-state index in [9.17, 15) is 10.2 Å². The van der Waals surface area contributed by atoms with E-state index in [0.29, 0.717) is 18.3 Å². The minimum absolute atomic E-state index is 0.126. The lowest BCUT2D eigenvalue weighted by Gasteiger charge is -2.19. The number of fused-ring (bicyclic) bond motifs is 1. The molecule has 2 aliphatic carbocycles. The van der Waals surface area contributed by atoms with Crippen molar-refractivity contribution >= 4 is 0 Å². The van der Waals surface area contributed by atoms with Crippen LogP contribution in [0.1, 0.15) is 65.2 Å². The van der Waals surface area contributed by atoms with Crippen LogP contribution >= 0.6 is 0 Å². The number of hydrogen-bond acceptors (Lipinski definition) is 3. The highest BCUT2D eigenvalue weighted by atomic mass is 16.3. The number of unbranched alkanes of at least 4 members (excludes halogenated alkanes) is 3. The van der Waals surface area contributed by atoms with Crippen LogP contribution in [-0.4, -0.2) is 29.0 Å². The standard InChI is InChI=1S/C23H37NO2/c1-3-4-9-17(2)22(25)12-11-20-21-15-18(10-7-5-6-8-13-24)14-19(21)16-23(20)26/h10-12,17,19-23,25-26H,5-9,13-16,24H2,1-2H3/b12-11+,18-10?/t17-,19+,20-,21+,22+,23-/m1/s1. The van der Waals surface area contributed by atoms with Gasteiger partial charge in [-0.1, -0.05) is 37.1 Å². The molecule has 0 aromatic heterocycles. The predicted molar refractivity (Wildman–Crippen MR) is 108 cm³/mol. The molecule has 2 saturated carbocycles. The third kappa shape index (κ3) is 5.98. The number of aliphatic hydroxyl groups excluding tert-OH is 2. The van der Waals surface area contributed by atoms with E-state index in [2.05, 4.69) is 24.0 Å². The van der Waals surface area contributed by atoms with Gasteiger partial charge in [0.15, 0.2) is 0 Å². The summed E-state index contributed by atoms with van der Waals surface area (Å²) >= 11 is 0. The van der Waals surface area contributed by atoms with Crippen LogP contribution in [0.4, 0.5) is 0 Å². The lowest BCUT2D eigenvalue weighted by molar-refractivity contribution is 0.137. The molecule has 146 valence electrons. The van der Waals surface area contributed by atoms with Gasteiger partial charge in [-0.2, -0.15) is 0 Å². The topological polar surface area (TPSA) is 66.5 Å². The highest BCUT2D eigenvalue weighted by Gasteiger charge is 2.44. The molecule has 0 aromatic rings. The van der Waals surface area contributed by atoms with Crippen molar-refractivity contribution < 1.29 is 10.2 Å². The van der Waals surface area contributed by atoms with Crippen molar-refractivity contribution in [1.82, 2.24) is 0 Å². The Morgan fingerprint density at radius 1 is 1.27 bits per heavy atom. The Kier molecular flexibility index (Phi) is 8.91. The second-order valence-electron chi connectivity index (χ2n) is 8.20. The predicted octanol–water partition coefficient (Wildman–Crippen LogP) is 3.81. The highest BCUT2D eigenvalue weighted by Crippen LogP contribution is 2.50. The largest absolute Gasteiger partial charge is 0.392 e. The summed E-state index contributed by atoms with van der Waals surface area (Å²) in [5, 5.41) is 20.8. The lowest BCUT2D eigenvalue weighted by atomic mass is 9.89. The van der Waals surface area contributed by atoms with Crippen LogP contribution < -0.4 is 5.73 Å². The summed E-state index contributed by atoms with van der Waals surface area (Å²) in [6.07, 6.45) is 14.3. The van der Waals surface area contributed by atoms with Gasteiger partial charge >= 0.3 is 0 Å². The molecule has 26 heavy (non-hydrogen) atoms. The van der Waals surface area contributed by atoms with E-state index >= 15 is 0 Å². The minimum atomic E-state index is -0.485. The minimum Gasteiger partial charge on any atom is -0.392 e. The first-order chi connectivity index (χ1) is 12.6. The summed E-state index contributed by atoms with van der Waals surface area (Å²) < 4.78 is 0. The zero-order chi connectivity index (χ0) is 18.9. The first-order valence-corrected chi connectivity index (χ1v) is 10.4. The van der Waals surface area contributed by atoms with E-state index in [1.165, 1.54) is 12.8 Å². The molecule has 0 amide bonds. The van der Waals surface area contributed by atoms with Gasteiger partial charge in [0, 0.05) is 12.3 Å². The lowest BCUT2D eigenvalue weighted by Crippen LogP contribution is -2.19. The maximum atomic E-state index is 10.5. The van der Waals surface area contributed by atoms with Gasteiger partial charge in [-0.15, -0.1) is 11.8 Å². The van der Waals surface area contributed by atoms with Crippen molar-refractivity contribution in [3.05, 3.63) is 23.8 Å². The second kappa shape index (κ2) is 10.9. The highest BCUT2D eigenvalue weighted by molar-refractivity contribution is 5.18. The molecule has 2 rings (SSSR count). The van der Waals surface area contributed by atoms with Crippen molar-refractivity contribution in [1.29, 1.82) is 0 Å². The Hall–Kier alpha value is -1.08. The van der Waals surface area contributed by atoms with Crippen LogP contribution in [0.5, 0.6) is 0 Å². The quantitative estimate of drug-likeness (QED) is 0.333. The SMILES string of the molecule is CC#CC[C@@H](C)[C@@H](O)/C=C/[C@@H]1[C@H]2CC(=CCCCCCN)C[C@H]2C[C@H]1O. The smallest absolute Gasteiger partial charge is 0.0755 e. The van der Waals surface area contributed by atoms with Crippen molar-refractivity contribution in [3.8, 4) is 11.8 Å². The van der Waals surface area contributed by atoms with Gasteiger partial charge in [-0.05, 0) is 69.7 Å². The van der Waals surface area contributed by atoms with Crippen LogP contribution in [0, 0.1) is 35.5 Å². The molecule has 4 N–H and O–H groups in total. The summed E-state index contributed by atoms with van der Waals surface area (Å²) in [4.78, 5) is 0. The maximum Gasteiger partial charge on any atom is 0.0755 e. The first-order valence-electron chi connectivity index (χ1n) is 10.4. The fraction of sp³-hybridized carbons (Fsp3) is 0.739. The Bertz CT molecular complexity index is 542. The molecule has 0 heterocycles. The van der Waals surface area contributed by atoms with Gasteiger partial charge in [-0.25, -0.2) is 0 Å². The second-order valence-corrected chi connectivity index (χ2v) is 8.20. The molecule has 2 aliphatic rings. The number of allylic oxidation sites excluding steroid dienone is 2. The number of nitrogens with two attached hydrogens (primary N) is 1. The molecule has 2 fully saturated rings. The van der Waals surface area contributed by atoms with Crippen LogP contribution in [0.15, 0.2) is 23.8 Å². The van der Waals surface area contributed by atoms with E-state index in [-0.39, 0.29) is 17.9 Å². The fourth-order valence-electron chi connectivity index (χ4n) is 4.53. The zero-order valence-corrected chi connectivity index (χ0v) is 16.5. The molecule has 3 heteroatoms. The van der Waals surface area contributed by atoms with Gasteiger partial charge < -0.3 is 15.9 Å². The molecular formula is C23H37NO2. The Labute approximate surface area is 159 Å². The first kappa shape index (κ1) is 21.2. The maximum absolute atomic E-state index is 10.5. The molecule has 0 unspecified atom stereocenters. The van der Waals surface area contributed by atoms with Gasteiger partial charge in [0.2, 0.25) is 0 Å². The van der Waals surface area contributed by atoms with Crippen molar-refractivity contribution in [2.24, 2.45) is 29.4 Å². The number of rotatable bonds is 9. The van der Waals surface area contributed by atoms with Crippen molar-refractivity contribution in [3.63, 3.8) is 0 Å². The summed E-state index contributed by atoms with van der Waals surface area (Å²) in [5.41, 5.74) is 7.12. The number of aliphatic hydroxyl groups is 2. The average molecular weight is 360 g/mol. The molecule has 0 aromatic carbocycles. The van der Waals surface area contributed by atoms with E-state index in [0.717, 1.165) is 38.6 Å². The summed E-state index contributed by atoms with van der Waals surface area (Å²) in [5.74, 6) is 7.37. The monoisotopic (exact) mass is 359 g/mol. The van der Waals surface area contributed by atoms with Crippen molar-refractivity contribution in [2.75, 3.05) is 6.54 Å². The van der Waals surface area contributed by atoms with Crippen molar-refractivity contribution in [2.45, 2.75) is 77.4 Å². The third-order valence-electron chi connectivity index (χ3n) is 6.17. The average Bonchev–Trinajstić information content (AvgIpc) is 3.13. The van der Waals surface area contributed by atoms with E-state index < -0.39 is 6.10 Å². The molecular weight excluding hydrogens is 322 g/mol. The Balaban J connectivity index is 1.87. The van der Waals surface area contributed by atoms with Gasteiger partial charge in [0.25, 0.3) is 0 Å². The van der Waals surface area contributed by atoms with E-state index in [1.54, 1.807) is 5.57 Å². The van der Waals surface area contributed by atoms with Crippen LogP contribution in [0.3, 0.4) is 0 Å². The number of hydrogen-bond donors (Lipinski definition) is 3. The normalized spacial score (nSPS) is 31.8. The van der Waals surface area contributed by atoms with Crippen LogP contribution in [0.2, 0.25) is 0 Å². The summed E-state index contributed by atoms with van der Waals surface area (Å²) in [6, 6.07) is 0. The summed E-state index contributed by atoms with van der Waals surface area (Å²) in [7, 11) is 0. The molecule has 0 aliphatic heterocycles. The Morgan fingerprint density at radius 3 is 2.81 bits per heavy atom. The molecule has 0 radical (unpaired) electrons. The summed E-state index contributed by atoms with van der Waals surface area (Å²) in [6.45, 7) is 4.64. The van der Waals surface area contributed by atoms with Gasteiger partial charge in [-0.3, -0.25) is 0 Å². The van der Waals surface area contributed by atoms with Crippen LogP contribution in [0.25, 0.3) is 0 Å². The van der Waals surface area contributed by atoms with E-state index in [4.69, 9.17) is 5.73 Å². The van der Waals surface area contributed by atoms with Crippen LogP contribution in [-0.2, 0) is 0 Å². The Morgan fingerprint density at radius 2 is 2.08 bits per heavy atom. The molecule has 0 bridgehead atoms. The van der Waals surface area contributed by atoms with Gasteiger partial charge in [0.05, 0.1) is 12.2 Å². The zero-order valence-electron chi connectivity index (χ0n) is 16.5. The third-order valence-corrected chi connectivity index (χ3v) is 6.17.